The molecule has 2 aromatic rings. The lowest BCUT2D eigenvalue weighted by molar-refractivity contribution is 0.144. The van der Waals surface area contributed by atoms with Crippen LogP contribution in [0.1, 0.15) is 11.1 Å². The fourth-order valence-corrected chi connectivity index (χ4v) is 3.26. The van der Waals surface area contributed by atoms with Gasteiger partial charge in [0.25, 0.3) is 0 Å². The first kappa shape index (κ1) is 17.9. The van der Waals surface area contributed by atoms with Crippen LogP contribution in [0.5, 0.6) is 0 Å². The molecule has 1 aliphatic rings. The zero-order valence-electron chi connectivity index (χ0n) is 13.9. The highest BCUT2D eigenvalue weighted by Gasteiger charge is 2.22. The minimum absolute atomic E-state index is 0. The molecule has 0 amide bonds. The van der Waals surface area contributed by atoms with Crippen LogP contribution in [0.3, 0.4) is 0 Å². The van der Waals surface area contributed by atoms with Gasteiger partial charge in [-0.1, -0.05) is 36.4 Å². The molecule has 1 aliphatic heterocycles. The minimum atomic E-state index is -0.380. The Balaban J connectivity index is 0.00000192. The number of likely N-dealkylation sites (N-methyl/N-ethyl adjacent to an activating group) is 1. The molecular weight excluding hydrogens is 304 g/mol. The quantitative estimate of drug-likeness (QED) is 0.934. The van der Waals surface area contributed by atoms with Crippen molar-refractivity contribution in [2.45, 2.75) is 18.9 Å². The molecule has 0 aliphatic carbocycles. The summed E-state index contributed by atoms with van der Waals surface area (Å²) < 4.78 is 0. The summed E-state index contributed by atoms with van der Waals surface area (Å²) in [6, 6.07) is 17.1. The molecule has 3 nitrogen and oxygen atoms in total. The highest BCUT2D eigenvalue weighted by molar-refractivity contribution is 7.59. The van der Waals surface area contributed by atoms with E-state index >= 15 is 0 Å². The number of anilines is 2. The fraction of sp³-hybridized carbons (Fsp3) is 0.368. The minimum Gasteiger partial charge on any atom is -0.390 e. The van der Waals surface area contributed by atoms with Crippen LogP contribution in [0.4, 0.5) is 11.4 Å². The molecule has 0 aromatic heterocycles. The molecule has 0 saturated carbocycles. The first-order chi connectivity index (χ1) is 10.6. The van der Waals surface area contributed by atoms with Gasteiger partial charge in [0.2, 0.25) is 0 Å². The number of aliphatic hydroxyl groups excluding tert-OH is 1. The maximum Gasteiger partial charge on any atom is 0.0845 e. The summed E-state index contributed by atoms with van der Waals surface area (Å²) in [6.45, 7) is 1.28. The van der Waals surface area contributed by atoms with Gasteiger partial charge >= 0.3 is 0 Å². The molecule has 0 saturated heterocycles. The number of nitrogens with zero attached hydrogens (tertiary/aromatic N) is 2. The molecular formula is C19H26N2OS. The standard InChI is InChI=1S/C19H24N2O.H2S/c1-20(2)13-17(22)14-21-18-9-5-3-7-15(18)11-12-16-8-4-6-10-19(16)21;/h3-10,17,22H,11-14H2,1-2H3;1H2/t17-;/m0./s1. The lowest BCUT2D eigenvalue weighted by Crippen LogP contribution is -2.36. The van der Waals surface area contributed by atoms with Crippen LogP contribution in [0, 0.1) is 0 Å². The Morgan fingerprint density at radius 1 is 0.957 bits per heavy atom. The third-order valence-electron chi connectivity index (χ3n) is 4.20. The van der Waals surface area contributed by atoms with Gasteiger partial charge in [0, 0.05) is 17.9 Å². The number of hydrogen-bond acceptors (Lipinski definition) is 3. The third-order valence-corrected chi connectivity index (χ3v) is 4.20. The number of benzene rings is 2. The Morgan fingerprint density at radius 3 is 1.91 bits per heavy atom. The van der Waals surface area contributed by atoms with Gasteiger partial charge < -0.3 is 14.9 Å². The number of rotatable bonds is 4. The van der Waals surface area contributed by atoms with Crippen LogP contribution in [0.25, 0.3) is 0 Å². The number of aryl methyl sites for hydroxylation is 2. The summed E-state index contributed by atoms with van der Waals surface area (Å²) in [6.07, 6.45) is 1.72. The molecule has 4 heteroatoms. The highest BCUT2D eigenvalue weighted by atomic mass is 32.1. The van der Waals surface area contributed by atoms with Gasteiger partial charge in [-0.15, -0.1) is 0 Å². The largest absolute Gasteiger partial charge is 0.390 e. The van der Waals surface area contributed by atoms with Crippen LogP contribution < -0.4 is 4.90 Å². The molecule has 0 fully saturated rings. The molecule has 23 heavy (non-hydrogen) atoms. The Kier molecular flexibility index (Phi) is 6.10. The lowest BCUT2D eigenvalue weighted by atomic mass is 10.0. The second kappa shape index (κ2) is 7.86. The van der Waals surface area contributed by atoms with E-state index in [9.17, 15) is 5.11 Å². The number of hydrogen-bond donors (Lipinski definition) is 1. The number of para-hydroxylation sites is 2. The van der Waals surface area contributed by atoms with Crippen molar-refractivity contribution >= 4 is 24.9 Å². The van der Waals surface area contributed by atoms with Gasteiger partial charge in [-0.3, -0.25) is 0 Å². The lowest BCUT2D eigenvalue weighted by Gasteiger charge is -2.30. The van der Waals surface area contributed by atoms with E-state index in [2.05, 4.69) is 53.4 Å². The average molecular weight is 330 g/mol. The smallest absolute Gasteiger partial charge is 0.0845 e. The van der Waals surface area contributed by atoms with E-state index in [1.807, 2.05) is 19.0 Å². The maximum atomic E-state index is 10.4. The first-order valence-electron chi connectivity index (χ1n) is 7.91. The van der Waals surface area contributed by atoms with Gasteiger partial charge in [0.05, 0.1) is 12.6 Å². The summed E-state index contributed by atoms with van der Waals surface area (Å²) in [4.78, 5) is 4.31. The van der Waals surface area contributed by atoms with Crippen LogP contribution in [-0.4, -0.2) is 43.3 Å². The third kappa shape index (κ3) is 4.08. The first-order valence-corrected chi connectivity index (χ1v) is 7.91. The van der Waals surface area contributed by atoms with E-state index in [1.165, 1.54) is 22.5 Å². The van der Waals surface area contributed by atoms with Crippen LogP contribution in [0.15, 0.2) is 48.5 Å². The monoisotopic (exact) mass is 330 g/mol. The second-order valence-corrected chi connectivity index (χ2v) is 6.28. The van der Waals surface area contributed by atoms with Crippen molar-refractivity contribution in [3.63, 3.8) is 0 Å². The summed E-state index contributed by atoms with van der Waals surface area (Å²) in [5.41, 5.74) is 5.17. The normalized spacial score (nSPS) is 14.5. The van der Waals surface area contributed by atoms with E-state index in [0.29, 0.717) is 13.1 Å². The average Bonchev–Trinajstić information content (AvgIpc) is 2.65. The van der Waals surface area contributed by atoms with Crippen molar-refractivity contribution in [3.05, 3.63) is 59.7 Å². The van der Waals surface area contributed by atoms with Crippen LogP contribution >= 0.6 is 13.5 Å². The second-order valence-electron chi connectivity index (χ2n) is 6.28. The summed E-state index contributed by atoms with van der Waals surface area (Å²) in [7, 11) is 3.99. The molecule has 0 bridgehead atoms. The van der Waals surface area contributed by atoms with Gasteiger partial charge in [-0.25, -0.2) is 0 Å². The molecule has 0 spiro atoms. The summed E-state index contributed by atoms with van der Waals surface area (Å²) >= 11 is 0. The summed E-state index contributed by atoms with van der Waals surface area (Å²) in [5.74, 6) is 0. The Morgan fingerprint density at radius 2 is 1.43 bits per heavy atom. The molecule has 0 unspecified atom stereocenters. The van der Waals surface area contributed by atoms with Gasteiger partial charge in [-0.2, -0.15) is 13.5 Å². The van der Waals surface area contributed by atoms with Crippen molar-refractivity contribution in [3.8, 4) is 0 Å². The number of aliphatic hydroxyl groups is 1. The molecule has 3 rings (SSSR count). The van der Waals surface area contributed by atoms with E-state index in [4.69, 9.17) is 0 Å². The van der Waals surface area contributed by atoms with Gasteiger partial charge in [0.15, 0.2) is 0 Å². The maximum absolute atomic E-state index is 10.4. The van der Waals surface area contributed by atoms with Crippen molar-refractivity contribution in [2.24, 2.45) is 0 Å². The molecule has 1 N–H and O–H groups in total. The number of β-amino-alcohol motifs (C(OH)–C–C–N with tert-alkyl or cyclic N) is 1. The van der Waals surface area contributed by atoms with Crippen LogP contribution in [-0.2, 0) is 12.8 Å². The van der Waals surface area contributed by atoms with E-state index in [1.54, 1.807) is 0 Å². The fourth-order valence-electron chi connectivity index (χ4n) is 3.26. The predicted octanol–water partition coefficient (Wildman–Crippen LogP) is 2.96. The zero-order valence-corrected chi connectivity index (χ0v) is 14.9. The summed E-state index contributed by atoms with van der Waals surface area (Å²) in [5, 5.41) is 10.4. The zero-order chi connectivity index (χ0) is 15.5. The SMILES string of the molecule is CN(C)C[C@H](O)CN1c2ccccc2CCc2ccccc21.S. The molecule has 2 aromatic carbocycles. The van der Waals surface area contributed by atoms with Crippen LogP contribution in [0.2, 0.25) is 0 Å². The molecule has 124 valence electrons. The van der Waals surface area contributed by atoms with Crippen molar-refractivity contribution in [2.75, 3.05) is 32.1 Å². The Labute approximate surface area is 146 Å². The van der Waals surface area contributed by atoms with Gasteiger partial charge in [-0.05, 0) is 50.2 Å². The Hall–Kier alpha value is -1.49. The van der Waals surface area contributed by atoms with E-state index < -0.39 is 0 Å². The van der Waals surface area contributed by atoms with E-state index in [-0.39, 0.29) is 19.6 Å². The molecule has 0 radical (unpaired) electrons. The Bertz CT molecular complexity index is 597. The van der Waals surface area contributed by atoms with Gasteiger partial charge in [0.1, 0.15) is 0 Å². The van der Waals surface area contributed by atoms with Crippen molar-refractivity contribution in [1.82, 2.24) is 4.90 Å². The van der Waals surface area contributed by atoms with E-state index in [0.717, 1.165) is 12.8 Å². The predicted molar refractivity (Wildman–Crippen MR) is 102 cm³/mol. The molecule has 1 heterocycles. The molecule has 1 atom stereocenters. The van der Waals surface area contributed by atoms with Crippen molar-refractivity contribution in [1.29, 1.82) is 0 Å². The topological polar surface area (TPSA) is 26.7 Å². The highest BCUT2D eigenvalue weighted by Crippen LogP contribution is 2.35. The van der Waals surface area contributed by atoms with Crippen molar-refractivity contribution < 1.29 is 5.11 Å². The number of fused-ring (bicyclic) bond motifs is 2.